The van der Waals surface area contributed by atoms with Gasteiger partial charge in [0.15, 0.2) is 34.7 Å². The average Bonchev–Trinajstić information content (AvgIpc) is 2.99. The number of Topliss-reactive ketones (excluding diaryl/α,β-unsaturated/α-hetero) is 2. The van der Waals surface area contributed by atoms with E-state index < -0.39 is 128 Å². The fraction of sp³-hybridized carbons (Fsp3) is 0.355. The number of aliphatic hydroxyl groups excluding tert-OH is 2. The zero-order valence-corrected chi connectivity index (χ0v) is 25.7. The molecule has 17 heteroatoms. The van der Waals surface area contributed by atoms with Crippen molar-refractivity contribution in [3.05, 3.63) is 68.7 Å². The third kappa shape index (κ3) is 4.78. The number of ketones is 2. The minimum atomic E-state index is -2.90. The van der Waals surface area contributed by atoms with Gasteiger partial charge in [-0.05, 0) is 44.5 Å². The third-order valence-corrected chi connectivity index (χ3v) is 9.09. The van der Waals surface area contributed by atoms with Crippen LogP contribution in [0, 0.1) is 40.9 Å². The number of aliphatic hydroxyl groups is 3. The van der Waals surface area contributed by atoms with Crippen LogP contribution in [-0.4, -0.2) is 88.5 Å². The number of carbonyl (C=O) groups is 4. The highest BCUT2D eigenvalue weighted by molar-refractivity contribution is 6.24. The van der Waals surface area contributed by atoms with Crippen LogP contribution < -0.4 is 16.0 Å². The highest BCUT2D eigenvalue weighted by atomic mass is 19.2. The summed E-state index contributed by atoms with van der Waals surface area (Å²) in [5.74, 6) is -21.6. The maximum absolute atomic E-state index is 14.2. The van der Waals surface area contributed by atoms with Crippen LogP contribution in [0.25, 0.3) is 5.76 Å². The average molecular weight is 681 g/mol. The zero-order chi connectivity index (χ0) is 35.9. The maximum atomic E-state index is 14.2. The first-order valence-corrected chi connectivity index (χ1v) is 14.3. The van der Waals surface area contributed by atoms with Crippen LogP contribution in [0.2, 0.25) is 0 Å². The molecule has 2 amide bonds. The number of nitrogens with two attached hydrogens (primary N) is 1. The number of likely N-dealkylation sites (N-methyl/N-ethyl adjacent to an activating group) is 1. The van der Waals surface area contributed by atoms with Crippen molar-refractivity contribution >= 4 is 40.5 Å². The molecule has 48 heavy (non-hydrogen) atoms. The molecule has 1 fully saturated rings. The van der Waals surface area contributed by atoms with Crippen molar-refractivity contribution in [1.29, 1.82) is 0 Å². The standard InChI is InChI=1S/C31H29F5N4O8/c1-39(2)14-8-13(38-15(41)7-11-19(32)21(34)23(36)22(35)20(11)33)25(42)17-10(14)5-9-6-12-24(40(3)4)27(44)18(30(37)47)29(46)31(12,48)28(45)16(9)26(17)43/h8-9,12,24,42-43,46,48H,5-7H2,1-4H3,(H2,37,47)(H,38,41)/t9?,12?,24-,31-/m0/s1. The Bertz CT molecular complexity index is 1880. The predicted octanol–water partition coefficient (Wildman–Crippen LogP) is 1.91. The monoisotopic (exact) mass is 680 g/mol. The molecule has 2 unspecified atom stereocenters. The molecule has 0 heterocycles. The number of nitrogens with one attached hydrogen (secondary N) is 1. The molecule has 0 spiro atoms. The van der Waals surface area contributed by atoms with Crippen molar-refractivity contribution in [3.8, 4) is 5.75 Å². The molecular weight excluding hydrogens is 651 g/mol. The SMILES string of the molecule is CN(C)c1cc(NC(=O)Cc2c(F)c(F)c(F)c(F)c2F)c(O)c2c1CC1CC3[C@H](N(C)C)C(=O)C(C(N)=O)=C(O)[C@@]3(O)C(=O)C1=C2O. The molecule has 2 aromatic rings. The molecule has 1 saturated carbocycles. The summed E-state index contributed by atoms with van der Waals surface area (Å²) in [4.78, 5) is 55.1. The largest absolute Gasteiger partial charge is 0.508 e. The summed E-state index contributed by atoms with van der Waals surface area (Å²) in [6.45, 7) is 0. The molecule has 0 saturated heterocycles. The van der Waals surface area contributed by atoms with Crippen molar-refractivity contribution in [2.24, 2.45) is 17.6 Å². The Morgan fingerprint density at radius 3 is 2.06 bits per heavy atom. The number of primary amides is 1. The molecular formula is C31H29F5N4O8. The number of hydrogen-bond donors (Lipinski definition) is 6. The normalized spacial score (nSPS) is 23.6. The first-order valence-electron chi connectivity index (χ1n) is 14.3. The topological polar surface area (TPSA) is 194 Å². The number of aromatic hydroxyl groups is 1. The van der Waals surface area contributed by atoms with Gasteiger partial charge in [0.2, 0.25) is 17.5 Å². The minimum absolute atomic E-state index is 0.0889. The molecule has 3 aliphatic rings. The Balaban J connectivity index is 1.63. The summed E-state index contributed by atoms with van der Waals surface area (Å²) < 4.78 is 69.4. The number of rotatable bonds is 6. The van der Waals surface area contributed by atoms with E-state index >= 15 is 0 Å². The predicted molar refractivity (Wildman–Crippen MR) is 157 cm³/mol. The van der Waals surface area contributed by atoms with Crippen LogP contribution in [0.1, 0.15) is 23.1 Å². The lowest BCUT2D eigenvalue weighted by Gasteiger charge is -2.50. The molecule has 0 radical (unpaired) electrons. The van der Waals surface area contributed by atoms with E-state index in [-0.39, 0.29) is 24.1 Å². The highest BCUT2D eigenvalue weighted by Gasteiger charge is 2.64. The van der Waals surface area contributed by atoms with E-state index in [9.17, 15) is 61.6 Å². The fourth-order valence-electron chi connectivity index (χ4n) is 6.95. The van der Waals surface area contributed by atoms with Crippen molar-refractivity contribution < 1.29 is 61.6 Å². The summed E-state index contributed by atoms with van der Waals surface area (Å²) in [5, 5.41) is 47.6. The second-order valence-corrected chi connectivity index (χ2v) is 12.3. The van der Waals surface area contributed by atoms with Gasteiger partial charge in [-0.15, -0.1) is 0 Å². The Kier molecular flexibility index (Phi) is 8.28. The number of benzene rings is 2. The van der Waals surface area contributed by atoms with Crippen LogP contribution in [-0.2, 0) is 32.0 Å². The van der Waals surface area contributed by atoms with Gasteiger partial charge in [-0.25, -0.2) is 22.0 Å². The van der Waals surface area contributed by atoms with Crippen LogP contribution in [0.4, 0.5) is 33.3 Å². The van der Waals surface area contributed by atoms with Crippen molar-refractivity contribution in [1.82, 2.24) is 4.90 Å². The van der Waals surface area contributed by atoms with E-state index in [0.717, 1.165) is 0 Å². The number of carbonyl (C=O) groups excluding carboxylic acids is 4. The fourth-order valence-corrected chi connectivity index (χ4v) is 6.95. The molecule has 256 valence electrons. The summed E-state index contributed by atoms with van der Waals surface area (Å²) in [6.07, 6.45) is -1.63. The van der Waals surface area contributed by atoms with E-state index in [1.807, 2.05) is 0 Å². The minimum Gasteiger partial charge on any atom is -0.508 e. The number of halogens is 5. The number of fused-ring (bicyclic) bond motifs is 3. The summed E-state index contributed by atoms with van der Waals surface area (Å²) in [5.41, 5.74) is -0.917. The van der Waals surface area contributed by atoms with Gasteiger partial charge in [0, 0.05) is 36.8 Å². The molecule has 0 bridgehead atoms. The lowest BCUT2D eigenvalue weighted by atomic mass is 9.57. The first-order chi connectivity index (χ1) is 22.3. The van der Waals surface area contributed by atoms with Gasteiger partial charge in [-0.3, -0.25) is 24.1 Å². The number of nitrogens with zero attached hydrogens (tertiary/aromatic N) is 2. The Hall–Kier alpha value is -5.03. The summed E-state index contributed by atoms with van der Waals surface area (Å²) in [6, 6.07) is -0.0795. The van der Waals surface area contributed by atoms with Gasteiger partial charge < -0.3 is 36.4 Å². The molecule has 4 atom stereocenters. The number of phenolic OH excluding ortho intramolecular Hbond substituents is 1. The Morgan fingerprint density at radius 1 is 0.979 bits per heavy atom. The Morgan fingerprint density at radius 2 is 1.54 bits per heavy atom. The molecule has 12 nitrogen and oxygen atoms in total. The van der Waals surface area contributed by atoms with E-state index in [0.29, 0.717) is 0 Å². The van der Waals surface area contributed by atoms with Crippen LogP contribution in [0.3, 0.4) is 0 Å². The van der Waals surface area contributed by atoms with E-state index in [1.54, 1.807) is 14.1 Å². The summed E-state index contributed by atoms with van der Waals surface area (Å²) in [7, 11) is 6.00. The van der Waals surface area contributed by atoms with E-state index in [2.05, 4.69) is 5.32 Å². The van der Waals surface area contributed by atoms with Gasteiger partial charge in [0.25, 0.3) is 5.91 Å². The first kappa shape index (κ1) is 34.3. The second-order valence-electron chi connectivity index (χ2n) is 12.3. The van der Waals surface area contributed by atoms with Gasteiger partial charge >= 0.3 is 0 Å². The van der Waals surface area contributed by atoms with Crippen LogP contribution >= 0.6 is 0 Å². The quantitative estimate of drug-likeness (QED) is 0.0863. The highest BCUT2D eigenvalue weighted by Crippen LogP contribution is 2.54. The molecule has 2 aromatic carbocycles. The molecule has 5 rings (SSSR count). The van der Waals surface area contributed by atoms with E-state index in [4.69, 9.17) is 5.73 Å². The zero-order valence-electron chi connectivity index (χ0n) is 25.7. The smallest absolute Gasteiger partial charge is 0.255 e. The van der Waals surface area contributed by atoms with Gasteiger partial charge in [0.05, 0.1) is 23.7 Å². The molecule has 0 aromatic heterocycles. The van der Waals surface area contributed by atoms with Gasteiger partial charge in [0.1, 0.15) is 22.8 Å². The molecule has 3 aliphatic carbocycles. The van der Waals surface area contributed by atoms with Crippen molar-refractivity contribution in [2.45, 2.75) is 30.9 Å². The number of anilines is 2. The van der Waals surface area contributed by atoms with E-state index in [1.165, 1.54) is 30.0 Å². The Labute approximate surface area is 268 Å². The van der Waals surface area contributed by atoms with Crippen molar-refractivity contribution in [3.63, 3.8) is 0 Å². The number of amides is 2. The number of hydrogen-bond acceptors (Lipinski definition) is 10. The third-order valence-electron chi connectivity index (χ3n) is 9.09. The lowest BCUT2D eigenvalue weighted by Crippen LogP contribution is -2.65. The van der Waals surface area contributed by atoms with Crippen LogP contribution in [0.5, 0.6) is 5.75 Å². The maximum Gasteiger partial charge on any atom is 0.255 e. The van der Waals surface area contributed by atoms with Crippen LogP contribution in [0.15, 0.2) is 23.0 Å². The van der Waals surface area contributed by atoms with Gasteiger partial charge in [-0.1, -0.05) is 0 Å². The van der Waals surface area contributed by atoms with Gasteiger partial charge in [-0.2, -0.15) is 0 Å². The number of phenols is 1. The summed E-state index contributed by atoms with van der Waals surface area (Å²) >= 11 is 0. The molecule has 0 aliphatic heterocycles. The van der Waals surface area contributed by atoms with Crippen molar-refractivity contribution in [2.75, 3.05) is 38.4 Å². The lowest BCUT2D eigenvalue weighted by molar-refractivity contribution is -0.153. The second kappa shape index (κ2) is 11.6. The molecule has 7 N–H and O–H groups in total.